The van der Waals surface area contributed by atoms with Crippen molar-refractivity contribution in [2.24, 2.45) is 0 Å². The second-order valence-electron chi connectivity index (χ2n) is 6.54. The van der Waals surface area contributed by atoms with E-state index >= 15 is 0 Å². The van der Waals surface area contributed by atoms with Crippen LogP contribution in [0.15, 0.2) is 66.7 Å². The van der Waals surface area contributed by atoms with Gasteiger partial charge in [-0.15, -0.1) is 0 Å². The van der Waals surface area contributed by atoms with Crippen molar-refractivity contribution in [1.29, 1.82) is 0 Å². The molecule has 0 bridgehead atoms. The smallest absolute Gasteiger partial charge is 0.262 e. The fraction of sp³-hybridized carbons (Fsp3) is 0.217. The number of rotatable bonds is 8. The van der Waals surface area contributed by atoms with Gasteiger partial charge in [-0.05, 0) is 47.5 Å². The van der Waals surface area contributed by atoms with Crippen LogP contribution in [0.5, 0.6) is 5.75 Å². The molecular weight excluding hydrogens is 352 g/mol. The predicted molar refractivity (Wildman–Crippen MR) is 112 cm³/mol. The molecule has 0 saturated carbocycles. The lowest BCUT2D eigenvalue weighted by Gasteiger charge is -2.10. The van der Waals surface area contributed by atoms with Crippen LogP contribution >= 0.6 is 0 Å². The van der Waals surface area contributed by atoms with Crippen LogP contribution in [0.2, 0.25) is 0 Å². The summed E-state index contributed by atoms with van der Waals surface area (Å²) in [6.45, 7) is 2.61. The second kappa shape index (κ2) is 9.55. The van der Waals surface area contributed by atoms with Gasteiger partial charge < -0.3 is 15.4 Å². The largest absolute Gasteiger partial charge is 0.484 e. The Morgan fingerprint density at radius 3 is 2.57 bits per heavy atom. The van der Waals surface area contributed by atoms with Crippen LogP contribution in [0.1, 0.15) is 30.1 Å². The van der Waals surface area contributed by atoms with Crippen molar-refractivity contribution in [2.75, 3.05) is 18.5 Å². The molecule has 5 heteroatoms. The van der Waals surface area contributed by atoms with Gasteiger partial charge in [-0.2, -0.15) is 0 Å². The zero-order valence-electron chi connectivity index (χ0n) is 15.9. The van der Waals surface area contributed by atoms with Crippen LogP contribution < -0.4 is 15.4 Å². The fourth-order valence-corrected chi connectivity index (χ4v) is 2.82. The average molecular weight is 376 g/mol. The first-order valence-electron chi connectivity index (χ1n) is 9.45. The molecule has 0 aliphatic heterocycles. The van der Waals surface area contributed by atoms with E-state index in [-0.39, 0.29) is 18.4 Å². The zero-order valence-corrected chi connectivity index (χ0v) is 15.9. The predicted octanol–water partition coefficient (Wildman–Crippen LogP) is 4.39. The van der Waals surface area contributed by atoms with Gasteiger partial charge in [-0.3, -0.25) is 9.59 Å². The first kappa shape index (κ1) is 19.4. The highest BCUT2D eigenvalue weighted by molar-refractivity contribution is 5.97. The van der Waals surface area contributed by atoms with Crippen molar-refractivity contribution >= 4 is 28.3 Å². The Kier molecular flexibility index (Phi) is 6.63. The number of hydrogen-bond donors (Lipinski definition) is 2. The van der Waals surface area contributed by atoms with E-state index in [1.807, 2.05) is 42.5 Å². The van der Waals surface area contributed by atoms with Gasteiger partial charge in [0.2, 0.25) is 0 Å². The number of fused-ring (bicyclic) bond motifs is 1. The summed E-state index contributed by atoms with van der Waals surface area (Å²) in [6.07, 6.45) is 1.96. The standard InChI is InChI=1S/C23H24N2O3/c1-2-3-13-24-23(27)19-9-6-10-20(14-19)25-22(26)16-28-21-12-11-17-7-4-5-8-18(17)15-21/h4-12,14-15H,2-3,13,16H2,1H3,(H,24,27)(H,25,26). The van der Waals surface area contributed by atoms with Crippen molar-refractivity contribution in [3.05, 3.63) is 72.3 Å². The number of carbonyl (C=O) groups excluding carboxylic acids is 2. The van der Waals surface area contributed by atoms with Crippen LogP contribution in [-0.2, 0) is 4.79 Å². The van der Waals surface area contributed by atoms with E-state index in [9.17, 15) is 9.59 Å². The maximum atomic E-state index is 12.2. The molecule has 0 aromatic heterocycles. The van der Waals surface area contributed by atoms with E-state index in [0.29, 0.717) is 23.5 Å². The molecule has 0 aliphatic carbocycles. The highest BCUT2D eigenvalue weighted by Gasteiger charge is 2.08. The summed E-state index contributed by atoms with van der Waals surface area (Å²) in [4.78, 5) is 24.3. The molecule has 0 atom stereocenters. The second-order valence-corrected chi connectivity index (χ2v) is 6.54. The van der Waals surface area contributed by atoms with Crippen LogP contribution in [0.4, 0.5) is 5.69 Å². The topological polar surface area (TPSA) is 67.4 Å². The molecular formula is C23H24N2O3. The molecule has 0 saturated heterocycles. The van der Waals surface area contributed by atoms with E-state index < -0.39 is 0 Å². The van der Waals surface area contributed by atoms with Gasteiger partial charge >= 0.3 is 0 Å². The highest BCUT2D eigenvalue weighted by Crippen LogP contribution is 2.20. The Balaban J connectivity index is 1.55. The SMILES string of the molecule is CCCCNC(=O)c1cccc(NC(=O)COc2ccc3ccccc3c2)c1. The third-order valence-corrected chi connectivity index (χ3v) is 4.32. The lowest BCUT2D eigenvalue weighted by Crippen LogP contribution is -2.25. The molecule has 2 N–H and O–H groups in total. The highest BCUT2D eigenvalue weighted by atomic mass is 16.5. The Morgan fingerprint density at radius 1 is 0.929 bits per heavy atom. The van der Waals surface area contributed by atoms with Crippen LogP contribution in [-0.4, -0.2) is 25.0 Å². The quantitative estimate of drug-likeness (QED) is 0.573. The molecule has 0 radical (unpaired) electrons. The molecule has 0 fully saturated rings. The third kappa shape index (κ3) is 5.33. The number of hydrogen-bond acceptors (Lipinski definition) is 3. The number of benzene rings is 3. The van der Waals surface area contributed by atoms with E-state index in [1.54, 1.807) is 24.3 Å². The number of carbonyl (C=O) groups is 2. The van der Waals surface area contributed by atoms with E-state index in [1.165, 1.54) is 0 Å². The number of anilines is 1. The number of unbranched alkanes of at least 4 members (excludes halogenated alkanes) is 1. The molecule has 28 heavy (non-hydrogen) atoms. The van der Waals surface area contributed by atoms with Gasteiger partial charge in [0.1, 0.15) is 5.75 Å². The normalized spacial score (nSPS) is 10.5. The van der Waals surface area contributed by atoms with Gasteiger partial charge in [0.05, 0.1) is 0 Å². The summed E-state index contributed by atoms with van der Waals surface area (Å²) in [6, 6.07) is 20.6. The molecule has 0 aliphatic rings. The summed E-state index contributed by atoms with van der Waals surface area (Å²) < 4.78 is 5.60. The average Bonchev–Trinajstić information content (AvgIpc) is 2.72. The van der Waals surface area contributed by atoms with Gasteiger partial charge in [-0.1, -0.05) is 49.7 Å². The third-order valence-electron chi connectivity index (χ3n) is 4.32. The van der Waals surface area contributed by atoms with Crippen molar-refractivity contribution in [1.82, 2.24) is 5.32 Å². The summed E-state index contributed by atoms with van der Waals surface area (Å²) >= 11 is 0. The molecule has 144 valence electrons. The maximum absolute atomic E-state index is 12.2. The first-order valence-corrected chi connectivity index (χ1v) is 9.45. The number of amides is 2. The Labute approximate surface area is 164 Å². The lowest BCUT2D eigenvalue weighted by atomic mass is 10.1. The van der Waals surface area contributed by atoms with E-state index in [0.717, 1.165) is 23.6 Å². The zero-order chi connectivity index (χ0) is 19.8. The molecule has 3 aromatic rings. The molecule has 0 spiro atoms. The van der Waals surface area contributed by atoms with Crippen molar-refractivity contribution in [2.45, 2.75) is 19.8 Å². The van der Waals surface area contributed by atoms with Crippen molar-refractivity contribution in [3.8, 4) is 5.75 Å². The van der Waals surface area contributed by atoms with Gasteiger partial charge in [0.25, 0.3) is 11.8 Å². The molecule has 5 nitrogen and oxygen atoms in total. The maximum Gasteiger partial charge on any atom is 0.262 e. The van der Waals surface area contributed by atoms with E-state index in [2.05, 4.69) is 17.6 Å². The molecule has 3 aromatic carbocycles. The van der Waals surface area contributed by atoms with Crippen molar-refractivity contribution in [3.63, 3.8) is 0 Å². The Bertz CT molecular complexity index is 969. The molecule has 0 unspecified atom stereocenters. The fourth-order valence-electron chi connectivity index (χ4n) is 2.82. The first-order chi connectivity index (χ1) is 13.7. The monoisotopic (exact) mass is 376 g/mol. The number of nitrogens with one attached hydrogen (secondary N) is 2. The van der Waals surface area contributed by atoms with Crippen molar-refractivity contribution < 1.29 is 14.3 Å². The minimum Gasteiger partial charge on any atom is -0.484 e. The molecule has 3 rings (SSSR count). The summed E-state index contributed by atoms with van der Waals surface area (Å²) in [7, 11) is 0. The van der Waals surface area contributed by atoms with E-state index in [4.69, 9.17) is 4.74 Å². The minimum absolute atomic E-state index is 0.106. The lowest BCUT2D eigenvalue weighted by molar-refractivity contribution is -0.118. The summed E-state index contributed by atoms with van der Waals surface area (Å²) in [5.74, 6) is 0.214. The Hall–Kier alpha value is -3.34. The summed E-state index contributed by atoms with van der Waals surface area (Å²) in [5.41, 5.74) is 1.08. The molecule has 0 heterocycles. The van der Waals surface area contributed by atoms with Crippen LogP contribution in [0.25, 0.3) is 10.8 Å². The Morgan fingerprint density at radius 2 is 1.75 bits per heavy atom. The van der Waals surface area contributed by atoms with Gasteiger partial charge in [-0.25, -0.2) is 0 Å². The van der Waals surface area contributed by atoms with Crippen LogP contribution in [0, 0.1) is 0 Å². The minimum atomic E-state index is -0.281. The number of ether oxygens (including phenoxy) is 1. The van der Waals surface area contributed by atoms with Gasteiger partial charge in [0.15, 0.2) is 6.61 Å². The summed E-state index contributed by atoms with van der Waals surface area (Å²) in [5, 5.41) is 7.81. The van der Waals surface area contributed by atoms with Crippen LogP contribution in [0.3, 0.4) is 0 Å². The molecule has 2 amide bonds. The van der Waals surface area contributed by atoms with Gasteiger partial charge in [0, 0.05) is 17.8 Å².